The largest absolute Gasteiger partial charge is 0.345 e. The highest BCUT2D eigenvalue weighted by molar-refractivity contribution is 7.89. The molecule has 5 nitrogen and oxygen atoms in total. The molecule has 0 atom stereocenters. The summed E-state index contributed by atoms with van der Waals surface area (Å²) in [5, 5.41) is 3.30. The third-order valence-electron chi connectivity index (χ3n) is 5.14. The van der Waals surface area contributed by atoms with Gasteiger partial charge < -0.3 is 4.90 Å². The molecule has 8 heteroatoms. The van der Waals surface area contributed by atoms with Gasteiger partial charge in [-0.3, -0.25) is 0 Å². The van der Waals surface area contributed by atoms with Gasteiger partial charge in [0.15, 0.2) is 5.13 Å². The van der Waals surface area contributed by atoms with Crippen LogP contribution in [-0.2, 0) is 16.4 Å². The van der Waals surface area contributed by atoms with E-state index in [1.54, 1.807) is 35.6 Å². The zero-order chi connectivity index (χ0) is 20.4. The Morgan fingerprint density at radius 3 is 2.45 bits per heavy atom. The zero-order valence-corrected chi connectivity index (χ0v) is 18.5. The molecule has 1 aliphatic heterocycles. The minimum absolute atomic E-state index is 0.171. The summed E-state index contributed by atoms with van der Waals surface area (Å²) in [6.45, 7) is 4.17. The molecule has 0 bridgehead atoms. The lowest BCUT2D eigenvalue weighted by atomic mass is 10.1. The number of aryl methyl sites for hydroxylation is 1. The molecule has 0 unspecified atom stereocenters. The number of piperazine rings is 1. The van der Waals surface area contributed by atoms with Crippen molar-refractivity contribution in [3.8, 4) is 0 Å². The van der Waals surface area contributed by atoms with Crippen molar-refractivity contribution in [3.05, 3.63) is 75.8 Å². The maximum absolute atomic E-state index is 12.9. The van der Waals surface area contributed by atoms with Crippen LogP contribution in [0.4, 0.5) is 5.13 Å². The number of rotatable bonds is 5. The first-order valence-electron chi connectivity index (χ1n) is 9.44. The Bertz CT molecular complexity index is 1110. The summed E-state index contributed by atoms with van der Waals surface area (Å²) in [6, 6.07) is 14.9. The van der Waals surface area contributed by atoms with E-state index in [0.29, 0.717) is 26.2 Å². The van der Waals surface area contributed by atoms with Crippen LogP contribution in [0, 0.1) is 6.92 Å². The molecule has 1 aliphatic rings. The summed E-state index contributed by atoms with van der Waals surface area (Å²) >= 11 is 7.72. The summed E-state index contributed by atoms with van der Waals surface area (Å²) in [7, 11) is -3.58. The average molecular weight is 448 g/mol. The Labute approximate surface area is 180 Å². The van der Waals surface area contributed by atoms with Crippen molar-refractivity contribution in [3.63, 3.8) is 0 Å². The van der Waals surface area contributed by atoms with E-state index in [4.69, 9.17) is 16.6 Å². The smallest absolute Gasteiger partial charge is 0.244 e. The number of benzene rings is 2. The van der Waals surface area contributed by atoms with Gasteiger partial charge in [-0.15, -0.1) is 11.3 Å². The predicted molar refractivity (Wildman–Crippen MR) is 119 cm³/mol. The molecule has 0 aliphatic carbocycles. The zero-order valence-electron chi connectivity index (χ0n) is 16.1. The second kappa shape index (κ2) is 8.44. The molecule has 0 N–H and O–H groups in total. The van der Waals surface area contributed by atoms with Crippen molar-refractivity contribution in [2.45, 2.75) is 18.2 Å². The number of aromatic nitrogens is 1. The Hall–Kier alpha value is -1.93. The number of anilines is 1. The summed E-state index contributed by atoms with van der Waals surface area (Å²) in [6.07, 6.45) is 0.810. The lowest BCUT2D eigenvalue weighted by molar-refractivity contribution is 0.384. The molecule has 0 amide bonds. The second-order valence-electron chi connectivity index (χ2n) is 7.05. The van der Waals surface area contributed by atoms with E-state index in [1.807, 2.05) is 12.1 Å². The van der Waals surface area contributed by atoms with Gasteiger partial charge in [-0.2, -0.15) is 4.31 Å². The second-order valence-corrected chi connectivity index (χ2v) is 10.2. The Balaban J connectivity index is 1.42. The highest BCUT2D eigenvalue weighted by atomic mass is 35.5. The van der Waals surface area contributed by atoms with E-state index in [1.165, 1.54) is 15.4 Å². The van der Waals surface area contributed by atoms with Gasteiger partial charge in [0.05, 0.1) is 10.7 Å². The molecule has 0 spiro atoms. The van der Waals surface area contributed by atoms with E-state index in [0.717, 1.165) is 17.2 Å². The Morgan fingerprint density at radius 1 is 1.03 bits per heavy atom. The molecule has 1 fully saturated rings. The van der Waals surface area contributed by atoms with Crippen LogP contribution in [0.15, 0.2) is 58.8 Å². The number of sulfonamides is 1. The number of halogens is 1. The van der Waals surface area contributed by atoms with Crippen molar-refractivity contribution in [1.29, 1.82) is 0 Å². The number of nitrogens with zero attached hydrogens (tertiary/aromatic N) is 3. The van der Waals surface area contributed by atoms with Crippen molar-refractivity contribution in [2.75, 3.05) is 31.1 Å². The molecule has 0 saturated carbocycles. The van der Waals surface area contributed by atoms with E-state index < -0.39 is 10.0 Å². The first-order valence-corrected chi connectivity index (χ1v) is 12.1. The lowest BCUT2D eigenvalue weighted by Gasteiger charge is -2.33. The summed E-state index contributed by atoms with van der Waals surface area (Å²) in [5.41, 5.74) is 3.59. The van der Waals surface area contributed by atoms with Gasteiger partial charge in [-0.1, -0.05) is 48.0 Å². The Morgan fingerprint density at radius 2 is 1.72 bits per heavy atom. The normalized spacial score (nSPS) is 15.6. The van der Waals surface area contributed by atoms with Crippen LogP contribution < -0.4 is 4.90 Å². The number of thiazole rings is 1. The van der Waals surface area contributed by atoms with Crippen LogP contribution in [0.2, 0.25) is 5.02 Å². The van der Waals surface area contributed by atoms with Crippen molar-refractivity contribution >= 4 is 38.1 Å². The number of hydrogen-bond donors (Lipinski definition) is 0. The van der Waals surface area contributed by atoms with Crippen LogP contribution in [0.5, 0.6) is 0 Å². The quantitative estimate of drug-likeness (QED) is 0.588. The average Bonchev–Trinajstić information content (AvgIpc) is 3.19. The molecular weight excluding hydrogens is 426 g/mol. The minimum atomic E-state index is -3.58. The fourth-order valence-electron chi connectivity index (χ4n) is 3.44. The third kappa shape index (κ3) is 4.33. The number of hydrogen-bond acceptors (Lipinski definition) is 5. The van der Waals surface area contributed by atoms with Gasteiger partial charge >= 0.3 is 0 Å². The molecule has 2 aromatic carbocycles. The van der Waals surface area contributed by atoms with Gasteiger partial charge in [0.2, 0.25) is 10.0 Å². The minimum Gasteiger partial charge on any atom is -0.345 e. The fraction of sp³-hybridized carbons (Fsp3) is 0.286. The van der Waals surface area contributed by atoms with Gasteiger partial charge in [-0.05, 0) is 30.2 Å². The van der Waals surface area contributed by atoms with Crippen LogP contribution in [0.25, 0.3) is 0 Å². The van der Waals surface area contributed by atoms with Crippen molar-refractivity contribution in [1.82, 2.24) is 9.29 Å². The molecule has 152 valence electrons. The molecule has 3 aromatic rings. The summed E-state index contributed by atoms with van der Waals surface area (Å²) in [5.74, 6) is 0. The highest BCUT2D eigenvalue weighted by Gasteiger charge is 2.30. The topological polar surface area (TPSA) is 53.5 Å². The molecule has 0 radical (unpaired) electrons. The van der Waals surface area contributed by atoms with E-state index in [9.17, 15) is 8.42 Å². The highest BCUT2D eigenvalue weighted by Crippen LogP contribution is 2.28. The van der Waals surface area contributed by atoms with Crippen LogP contribution >= 0.6 is 22.9 Å². The van der Waals surface area contributed by atoms with Crippen LogP contribution in [0.3, 0.4) is 0 Å². The van der Waals surface area contributed by atoms with Crippen LogP contribution in [-0.4, -0.2) is 43.9 Å². The van der Waals surface area contributed by atoms with Gasteiger partial charge in [0.1, 0.15) is 4.90 Å². The maximum atomic E-state index is 12.9. The lowest BCUT2D eigenvalue weighted by Crippen LogP contribution is -2.48. The van der Waals surface area contributed by atoms with Crippen molar-refractivity contribution in [2.24, 2.45) is 0 Å². The van der Waals surface area contributed by atoms with Gasteiger partial charge in [0.25, 0.3) is 0 Å². The summed E-state index contributed by atoms with van der Waals surface area (Å²) < 4.78 is 27.3. The molecular formula is C21H22ClN3O2S2. The maximum Gasteiger partial charge on any atom is 0.244 e. The monoisotopic (exact) mass is 447 g/mol. The first-order chi connectivity index (χ1) is 13.9. The molecule has 2 heterocycles. The van der Waals surface area contributed by atoms with E-state index in [2.05, 4.69) is 29.3 Å². The Kier molecular flexibility index (Phi) is 5.92. The fourth-order valence-corrected chi connectivity index (χ4v) is 6.23. The molecule has 4 rings (SSSR count). The SMILES string of the molecule is Cc1ccccc1Cc1csc(N2CCN(S(=O)(=O)c3ccccc3Cl)CC2)n1. The van der Waals surface area contributed by atoms with E-state index >= 15 is 0 Å². The predicted octanol–water partition coefficient (Wildman–Crippen LogP) is 4.21. The van der Waals surface area contributed by atoms with Gasteiger partial charge in [-0.25, -0.2) is 13.4 Å². The van der Waals surface area contributed by atoms with Gasteiger partial charge in [0, 0.05) is 38.0 Å². The van der Waals surface area contributed by atoms with Crippen LogP contribution in [0.1, 0.15) is 16.8 Å². The van der Waals surface area contributed by atoms with E-state index in [-0.39, 0.29) is 9.92 Å². The summed E-state index contributed by atoms with van der Waals surface area (Å²) in [4.78, 5) is 7.11. The standard InChI is InChI=1S/C21H22ClN3O2S2/c1-16-6-2-3-7-17(16)14-18-15-28-21(23-18)24-10-12-25(13-11-24)29(26,27)20-9-5-4-8-19(20)22/h2-9,15H,10-14H2,1H3. The molecule has 1 aromatic heterocycles. The first kappa shape index (κ1) is 20.3. The third-order valence-corrected chi connectivity index (χ3v) is 8.48. The van der Waals surface area contributed by atoms with Crippen molar-refractivity contribution < 1.29 is 8.42 Å². The molecule has 1 saturated heterocycles. The molecule has 29 heavy (non-hydrogen) atoms.